The summed E-state index contributed by atoms with van der Waals surface area (Å²) in [5, 5.41) is 9.93. The molecule has 0 fully saturated rings. The van der Waals surface area contributed by atoms with Gasteiger partial charge in [-0.3, -0.25) is 0 Å². The zero-order chi connectivity index (χ0) is 13.0. The van der Waals surface area contributed by atoms with Gasteiger partial charge in [0.25, 0.3) is 0 Å². The maximum atomic E-state index is 12.7. The predicted molar refractivity (Wildman–Crippen MR) is 66.1 cm³/mol. The van der Waals surface area contributed by atoms with E-state index in [1.165, 1.54) is 24.3 Å². The van der Waals surface area contributed by atoms with Crippen LogP contribution in [0.3, 0.4) is 0 Å². The van der Waals surface area contributed by atoms with Crippen molar-refractivity contribution in [2.45, 2.75) is 18.9 Å². The standard InChI is InChI=1S/C15H14F2O/c16-13-6-1-11(2-7-13)3-10-15(18)12-4-8-14(17)9-5-12/h1-2,4-9,15,18H,3,10H2. The SMILES string of the molecule is OC(CCc1ccc(F)cc1)c1ccc(F)cc1. The first-order valence-corrected chi connectivity index (χ1v) is 5.83. The zero-order valence-electron chi connectivity index (χ0n) is 9.81. The Balaban J connectivity index is 1.93. The first-order valence-electron chi connectivity index (χ1n) is 5.83. The van der Waals surface area contributed by atoms with E-state index in [-0.39, 0.29) is 11.6 Å². The Hall–Kier alpha value is -1.74. The quantitative estimate of drug-likeness (QED) is 0.876. The summed E-state index contributed by atoms with van der Waals surface area (Å²) in [4.78, 5) is 0. The van der Waals surface area contributed by atoms with Crippen molar-refractivity contribution in [3.8, 4) is 0 Å². The van der Waals surface area contributed by atoms with Crippen molar-refractivity contribution < 1.29 is 13.9 Å². The average molecular weight is 248 g/mol. The molecule has 0 saturated heterocycles. The minimum absolute atomic E-state index is 0.266. The summed E-state index contributed by atoms with van der Waals surface area (Å²) in [6, 6.07) is 12.0. The fourth-order valence-corrected chi connectivity index (χ4v) is 1.81. The lowest BCUT2D eigenvalue weighted by Crippen LogP contribution is -1.99. The molecule has 0 aliphatic heterocycles. The molecular weight excluding hydrogens is 234 g/mol. The molecule has 2 aromatic carbocycles. The van der Waals surface area contributed by atoms with Crippen LogP contribution in [0, 0.1) is 11.6 Å². The molecule has 1 N–H and O–H groups in total. The van der Waals surface area contributed by atoms with Crippen LogP contribution in [0.2, 0.25) is 0 Å². The van der Waals surface area contributed by atoms with Gasteiger partial charge in [-0.05, 0) is 48.2 Å². The van der Waals surface area contributed by atoms with Crippen LogP contribution in [0.4, 0.5) is 8.78 Å². The molecule has 0 aromatic heterocycles. The van der Waals surface area contributed by atoms with Gasteiger partial charge >= 0.3 is 0 Å². The van der Waals surface area contributed by atoms with E-state index < -0.39 is 6.10 Å². The summed E-state index contributed by atoms with van der Waals surface area (Å²) in [5.41, 5.74) is 1.66. The molecule has 2 rings (SSSR count). The molecule has 0 aliphatic rings. The summed E-state index contributed by atoms with van der Waals surface area (Å²) in [6.45, 7) is 0. The summed E-state index contributed by atoms with van der Waals surface area (Å²) >= 11 is 0. The Morgan fingerprint density at radius 1 is 0.833 bits per heavy atom. The third-order valence-electron chi connectivity index (χ3n) is 2.87. The van der Waals surface area contributed by atoms with Crippen LogP contribution >= 0.6 is 0 Å². The molecule has 94 valence electrons. The lowest BCUT2D eigenvalue weighted by atomic mass is 10.0. The van der Waals surface area contributed by atoms with Crippen molar-refractivity contribution in [3.05, 3.63) is 71.3 Å². The minimum Gasteiger partial charge on any atom is -0.388 e. The molecule has 0 aliphatic carbocycles. The minimum atomic E-state index is -0.629. The van der Waals surface area contributed by atoms with Crippen molar-refractivity contribution in [2.75, 3.05) is 0 Å². The van der Waals surface area contributed by atoms with E-state index in [9.17, 15) is 13.9 Å². The van der Waals surface area contributed by atoms with Crippen LogP contribution in [0.5, 0.6) is 0 Å². The van der Waals surface area contributed by atoms with Gasteiger partial charge in [0.1, 0.15) is 11.6 Å². The second-order valence-electron chi connectivity index (χ2n) is 4.23. The summed E-state index contributed by atoms with van der Waals surface area (Å²) < 4.78 is 25.4. The van der Waals surface area contributed by atoms with Gasteiger partial charge in [-0.25, -0.2) is 8.78 Å². The summed E-state index contributed by atoms with van der Waals surface area (Å²) in [6.07, 6.45) is 0.548. The highest BCUT2D eigenvalue weighted by molar-refractivity contribution is 5.20. The van der Waals surface area contributed by atoms with Crippen molar-refractivity contribution in [1.29, 1.82) is 0 Å². The lowest BCUT2D eigenvalue weighted by Gasteiger charge is -2.10. The number of benzene rings is 2. The monoisotopic (exact) mass is 248 g/mol. The first-order chi connectivity index (χ1) is 8.65. The topological polar surface area (TPSA) is 20.2 Å². The van der Waals surface area contributed by atoms with E-state index in [0.29, 0.717) is 18.4 Å². The third-order valence-corrected chi connectivity index (χ3v) is 2.87. The number of aliphatic hydroxyl groups excluding tert-OH is 1. The average Bonchev–Trinajstić information content (AvgIpc) is 2.38. The van der Waals surface area contributed by atoms with E-state index in [4.69, 9.17) is 0 Å². The zero-order valence-corrected chi connectivity index (χ0v) is 9.81. The van der Waals surface area contributed by atoms with Crippen molar-refractivity contribution in [3.63, 3.8) is 0 Å². The van der Waals surface area contributed by atoms with E-state index in [0.717, 1.165) is 5.56 Å². The van der Waals surface area contributed by atoms with Gasteiger partial charge in [-0.15, -0.1) is 0 Å². The second kappa shape index (κ2) is 5.74. The van der Waals surface area contributed by atoms with E-state index >= 15 is 0 Å². The maximum Gasteiger partial charge on any atom is 0.123 e. The number of halogens is 2. The largest absolute Gasteiger partial charge is 0.388 e. The summed E-state index contributed by atoms with van der Waals surface area (Å²) in [5.74, 6) is -0.581. The highest BCUT2D eigenvalue weighted by atomic mass is 19.1. The fourth-order valence-electron chi connectivity index (χ4n) is 1.81. The van der Waals surface area contributed by atoms with Gasteiger partial charge in [0.05, 0.1) is 6.10 Å². The van der Waals surface area contributed by atoms with Crippen molar-refractivity contribution in [1.82, 2.24) is 0 Å². The first kappa shape index (κ1) is 12.7. The molecule has 0 heterocycles. The van der Waals surface area contributed by atoms with Gasteiger partial charge in [-0.1, -0.05) is 24.3 Å². The van der Waals surface area contributed by atoms with E-state index in [2.05, 4.69) is 0 Å². The van der Waals surface area contributed by atoms with E-state index in [1.54, 1.807) is 24.3 Å². The molecule has 0 spiro atoms. The van der Waals surface area contributed by atoms with Crippen LogP contribution in [-0.4, -0.2) is 5.11 Å². The fraction of sp³-hybridized carbons (Fsp3) is 0.200. The summed E-state index contributed by atoms with van der Waals surface area (Å²) in [7, 11) is 0. The molecule has 1 atom stereocenters. The van der Waals surface area contributed by atoms with Crippen LogP contribution in [0.25, 0.3) is 0 Å². The molecule has 18 heavy (non-hydrogen) atoms. The van der Waals surface area contributed by atoms with Gasteiger partial charge in [0, 0.05) is 0 Å². The second-order valence-corrected chi connectivity index (χ2v) is 4.23. The Morgan fingerprint density at radius 3 is 1.89 bits per heavy atom. The van der Waals surface area contributed by atoms with Crippen molar-refractivity contribution in [2.24, 2.45) is 0 Å². The smallest absolute Gasteiger partial charge is 0.123 e. The van der Waals surface area contributed by atoms with Crippen LogP contribution in [0.15, 0.2) is 48.5 Å². The Morgan fingerprint density at radius 2 is 1.33 bits per heavy atom. The number of aliphatic hydroxyl groups is 1. The third kappa shape index (κ3) is 3.37. The van der Waals surface area contributed by atoms with Crippen LogP contribution < -0.4 is 0 Å². The molecule has 1 unspecified atom stereocenters. The molecule has 2 aromatic rings. The normalized spacial score (nSPS) is 12.4. The number of hydrogen-bond acceptors (Lipinski definition) is 1. The Bertz CT molecular complexity index is 491. The highest BCUT2D eigenvalue weighted by Gasteiger charge is 2.07. The molecule has 0 saturated carbocycles. The van der Waals surface area contributed by atoms with Gasteiger partial charge in [-0.2, -0.15) is 0 Å². The number of rotatable bonds is 4. The van der Waals surface area contributed by atoms with Crippen molar-refractivity contribution >= 4 is 0 Å². The van der Waals surface area contributed by atoms with Crippen LogP contribution in [0.1, 0.15) is 23.7 Å². The van der Waals surface area contributed by atoms with Crippen LogP contribution in [-0.2, 0) is 6.42 Å². The molecule has 3 heteroatoms. The molecule has 0 bridgehead atoms. The molecule has 0 radical (unpaired) electrons. The lowest BCUT2D eigenvalue weighted by molar-refractivity contribution is 0.167. The number of hydrogen-bond donors (Lipinski definition) is 1. The molecule has 1 nitrogen and oxygen atoms in total. The Kier molecular flexibility index (Phi) is 4.05. The molecular formula is C15H14F2O. The predicted octanol–water partition coefficient (Wildman–Crippen LogP) is 3.63. The van der Waals surface area contributed by atoms with Gasteiger partial charge in [0.15, 0.2) is 0 Å². The highest BCUT2D eigenvalue weighted by Crippen LogP contribution is 2.19. The van der Waals surface area contributed by atoms with Gasteiger partial charge in [0.2, 0.25) is 0 Å². The number of aryl methyl sites for hydroxylation is 1. The van der Waals surface area contributed by atoms with E-state index in [1.807, 2.05) is 0 Å². The maximum absolute atomic E-state index is 12.7. The van der Waals surface area contributed by atoms with Gasteiger partial charge < -0.3 is 5.11 Å². The molecule has 0 amide bonds. The Labute approximate surface area is 105 Å².